The van der Waals surface area contributed by atoms with E-state index < -0.39 is 0 Å². The molecule has 0 spiro atoms. The van der Waals surface area contributed by atoms with Crippen molar-refractivity contribution >= 4 is 39.2 Å². The highest BCUT2D eigenvalue weighted by atomic mass is 79.9. The molecule has 1 heterocycles. The smallest absolute Gasteiger partial charge is 0.174 e. The molecular formula is C9H7BrN2OS2. The number of aromatic nitrogens is 2. The number of nitrogens with zero attached hydrogens (tertiary/aromatic N) is 2. The topological polar surface area (TPSA) is 46.0 Å². The molecule has 78 valence electrons. The molecule has 1 aromatic carbocycles. The molecule has 0 bridgehead atoms. The first-order valence-corrected chi connectivity index (χ1v) is 6.51. The van der Waals surface area contributed by atoms with Crippen molar-refractivity contribution in [3.8, 4) is 0 Å². The Kier molecular flexibility index (Phi) is 3.74. The fraction of sp³-hybridized carbons (Fsp3) is 0.111. The van der Waals surface area contributed by atoms with Gasteiger partial charge in [0.05, 0.1) is 6.61 Å². The number of aliphatic hydroxyl groups excluding tert-OH is 1. The van der Waals surface area contributed by atoms with E-state index in [9.17, 15) is 0 Å². The van der Waals surface area contributed by atoms with Crippen LogP contribution in [-0.4, -0.2) is 14.5 Å². The van der Waals surface area contributed by atoms with Crippen molar-refractivity contribution in [2.75, 3.05) is 0 Å². The molecular weight excluding hydrogens is 296 g/mol. The summed E-state index contributed by atoms with van der Waals surface area (Å²) in [5.74, 6) is 0. The fourth-order valence-electron chi connectivity index (χ4n) is 1.03. The molecule has 0 aliphatic heterocycles. The number of aliphatic hydroxyl groups is 1. The van der Waals surface area contributed by atoms with Crippen LogP contribution in [0.5, 0.6) is 0 Å². The van der Waals surface area contributed by atoms with E-state index in [-0.39, 0.29) is 6.61 Å². The summed E-state index contributed by atoms with van der Waals surface area (Å²) in [6, 6.07) is 5.83. The number of benzene rings is 1. The Labute approximate surface area is 104 Å². The monoisotopic (exact) mass is 302 g/mol. The number of rotatable bonds is 3. The molecule has 2 aromatic rings. The van der Waals surface area contributed by atoms with Gasteiger partial charge in [0.15, 0.2) is 4.34 Å². The Morgan fingerprint density at radius 1 is 1.47 bits per heavy atom. The number of hydrogen-bond acceptors (Lipinski definition) is 5. The standard InChI is InChI=1S/C9H7BrN2OS2/c10-8-3-7(2-1-6(8)4-13)14-9-11-5-12-15-9/h1-3,5,13H,4H2. The molecule has 0 radical (unpaired) electrons. The second-order valence-corrected chi connectivity index (χ2v) is 5.68. The molecule has 2 rings (SSSR count). The van der Waals surface area contributed by atoms with Gasteiger partial charge < -0.3 is 5.11 Å². The first kappa shape index (κ1) is 11.1. The fourth-order valence-corrected chi connectivity index (χ4v) is 3.14. The van der Waals surface area contributed by atoms with Gasteiger partial charge in [-0.05, 0) is 29.2 Å². The zero-order chi connectivity index (χ0) is 10.7. The summed E-state index contributed by atoms with van der Waals surface area (Å²) in [6.45, 7) is 0.0460. The summed E-state index contributed by atoms with van der Waals surface area (Å²) in [6.07, 6.45) is 1.55. The Morgan fingerprint density at radius 2 is 2.33 bits per heavy atom. The van der Waals surface area contributed by atoms with Gasteiger partial charge >= 0.3 is 0 Å². The summed E-state index contributed by atoms with van der Waals surface area (Å²) < 4.78 is 5.76. The lowest BCUT2D eigenvalue weighted by Gasteiger charge is -2.02. The third kappa shape index (κ3) is 2.78. The molecule has 0 saturated heterocycles. The van der Waals surface area contributed by atoms with Gasteiger partial charge in [0.1, 0.15) is 6.33 Å². The molecule has 15 heavy (non-hydrogen) atoms. The normalized spacial score (nSPS) is 10.5. The van der Waals surface area contributed by atoms with Crippen molar-refractivity contribution in [3.63, 3.8) is 0 Å². The van der Waals surface area contributed by atoms with E-state index in [1.54, 1.807) is 18.1 Å². The predicted octanol–water partition coefficient (Wildman–Crippen LogP) is 2.94. The maximum atomic E-state index is 9.01. The minimum absolute atomic E-state index is 0.0460. The average molecular weight is 303 g/mol. The van der Waals surface area contributed by atoms with Gasteiger partial charge in [-0.1, -0.05) is 33.8 Å². The highest BCUT2D eigenvalue weighted by Crippen LogP contribution is 2.31. The minimum atomic E-state index is 0.0460. The van der Waals surface area contributed by atoms with Gasteiger partial charge in [-0.2, -0.15) is 4.37 Å². The van der Waals surface area contributed by atoms with E-state index in [4.69, 9.17) is 5.11 Å². The van der Waals surface area contributed by atoms with Crippen molar-refractivity contribution in [1.29, 1.82) is 0 Å². The second-order valence-electron chi connectivity index (χ2n) is 2.72. The molecule has 0 saturated carbocycles. The van der Waals surface area contributed by atoms with Gasteiger partial charge in [-0.3, -0.25) is 0 Å². The maximum Gasteiger partial charge on any atom is 0.174 e. The zero-order valence-electron chi connectivity index (χ0n) is 7.55. The van der Waals surface area contributed by atoms with Crippen LogP contribution in [0.3, 0.4) is 0 Å². The molecule has 3 nitrogen and oxygen atoms in total. The Morgan fingerprint density at radius 3 is 2.93 bits per heavy atom. The average Bonchev–Trinajstić information content (AvgIpc) is 2.71. The molecule has 0 aliphatic carbocycles. The molecule has 0 unspecified atom stereocenters. The van der Waals surface area contributed by atoms with Crippen molar-refractivity contribution < 1.29 is 5.11 Å². The summed E-state index contributed by atoms with van der Waals surface area (Å²) >= 11 is 6.34. The van der Waals surface area contributed by atoms with E-state index in [2.05, 4.69) is 25.3 Å². The van der Waals surface area contributed by atoms with Crippen LogP contribution in [0.1, 0.15) is 5.56 Å². The molecule has 0 aliphatic rings. The van der Waals surface area contributed by atoms with Gasteiger partial charge in [-0.25, -0.2) is 4.98 Å². The van der Waals surface area contributed by atoms with E-state index in [1.807, 2.05) is 18.2 Å². The van der Waals surface area contributed by atoms with E-state index in [0.29, 0.717) is 0 Å². The van der Waals surface area contributed by atoms with Crippen molar-refractivity contribution in [3.05, 3.63) is 34.6 Å². The minimum Gasteiger partial charge on any atom is -0.392 e. The number of hydrogen-bond donors (Lipinski definition) is 1. The highest BCUT2D eigenvalue weighted by molar-refractivity contribution is 9.10. The number of halogens is 1. The molecule has 1 N–H and O–H groups in total. The van der Waals surface area contributed by atoms with Crippen LogP contribution >= 0.6 is 39.2 Å². The lowest BCUT2D eigenvalue weighted by molar-refractivity contribution is 0.281. The van der Waals surface area contributed by atoms with Crippen molar-refractivity contribution in [1.82, 2.24) is 9.36 Å². The first-order chi connectivity index (χ1) is 7.29. The van der Waals surface area contributed by atoms with Crippen LogP contribution < -0.4 is 0 Å². The first-order valence-electron chi connectivity index (χ1n) is 4.13. The maximum absolute atomic E-state index is 9.01. The lowest BCUT2D eigenvalue weighted by Crippen LogP contribution is -1.84. The van der Waals surface area contributed by atoms with E-state index in [1.165, 1.54) is 11.5 Å². The molecule has 0 fully saturated rings. The Bertz CT molecular complexity index is 447. The van der Waals surface area contributed by atoms with Crippen LogP contribution in [0.4, 0.5) is 0 Å². The van der Waals surface area contributed by atoms with Crippen molar-refractivity contribution in [2.45, 2.75) is 15.8 Å². The third-order valence-electron chi connectivity index (χ3n) is 1.74. The Balaban J connectivity index is 2.20. The van der Waals surface area contributed by atoms with Gasteiger partial charge in [0.25, 0.3) is 0 Å². The van der Waals surface area contributed by atoms with Gasteiger partial charge in [0.2, 0.25) is 0 Å². The van der Waals surface area contributed by atoms with Crippen LogP contribution in [0, 0.1) is 0 Å². The lowest BCUT2D eigenvalue weighted by atomic mass is 10.2. The quantitative estimate of drug-likeness (QED) is 0.947. The highest BCUT2D eigenvalue weighted by Gasteiger charge is 2.04. The third-order valence-corrected chi connectivity index (χ3v) is 4.18. The SMILES string of the molecule is OCc1ccc(Sc2ncns2)cc1Br. The van der Waals surface area contributed by atoms with E-state index >= 15 is 0 Å². The van der Waals surface area contributed by atoms with Crippen LogP contribution in [0.2, 0.25) is 0 Å². The second kappa shape index (κ2) is 5.07. The Hall–Kier alpha value is -0.430. The molecule has 1 aromatic heterocycles. The molecule has 0 amide bonds. The molecule has 0 atom stereocenters. The summed E-state index contributed by atoms with van der Waals surface area (Å²) in [5.41, 5.74) is 0.886. The molecule has 6 heteroatoms. The van der Waals surface area contributed by atoms with Crippen LogP contribution in [0.15, 0.2) is 38.2 Å². The van der Waals surface area contributed by atoms with Crippen molar-refractivity contribution in [2.24, 2.45) is 0 Å². The summed E-state index contributed by atoms with van der Waals surface area (Å²) in [7, 11) is 0. The van der Waals surface area contributed by atoms with Gasteiger partial charge in [0, 0.05) is 9.37 Å². The summed E-state index contributed by atoms with van der Waals surface area (Å²) in [4.78, 5) is 5.17. The summed E-state index contributed by atoms with van der Waals surface area (Å²) in [5, 5.41) is 9.01. The van der Waals surface area contributed by atoms with E-state index in [0.717, 1.165) is 19.3 Å². The largest absolute Gasteiger partial charge is 0.392 e. The van der Waals surface area contributed by atoms with Crippen LogP contribution in [-0.2, 0) is 6.61 Å². The zero-order valence-corrected chi connectivity index (χ0v) is 10.8. The van der Waals surface area contributed by atoms with Gasteiger partial charge in [-0.15, -0.1) is 0 Å². The van der Waals surface area contributed by atoms with Crippen LogP contribution in [0.25, 0.3) is 0 Å². The predicted molar refractivity (Wildman–Crippen MR) is 64.1 cm³/mol.